The fraction of sp³-hybridized carbons (Fsp3) is 0.520. The van der Waals surface area contributed by atoms with Crippen LogP contribution in [0, 0.1) is 17.2 Å². The Bertz CT molecular complexity index is 1190. The van der Waals surface area contributed by atoms with Crippen molar-refractivity contribution in [1.29, 1.82) is 5.26 Å². The second kappa shape index (κ2) is 11.1. The number of ether oxygens (including phenoxy) is 1. The minimum atomic E-state index is -4.40. The third-order valence-electron chi connectivity index (χ3n) is 6.49. The van der Waals surface area contributed by atoms with E-state index < -0.39 is 11.7 Å². The Morgan fingerprint density at radius 2 is 1.89 bits per heavy atom. The van der Waals surface area contributed by atoms with Gasteiger partial charge < -0.3 is 20.4 Å². The minimum Gasteiger partial charge on any atom is -0.381 e. The van der Waals surface area contributed by atoms with Gasteiger partial charge in [0.1, 0.15) is 5.52 Å². The summed E-state index contributed by atoms with van der Waals surface area (Å²) in [5.41, 5.74) is 0.390. The first-order chi connectivity index (χ1) is 17.2. The summed E-state index contributed by atoms with van der Waals surface area (Å²) in [7, 11) is 0. The van der Waals surface area contributed by atoms with Crippen molar-refractivity contribution in [2.45, 2.75) is 63.6 Å². The van der Waals surface area contributed by atoms with Gasteiger partial charge in [0.25, 0.3) is 0 Å². The molecule has 3 aromatic rings. The topological polar surface area (TPSA) is 112 Å². The summed E-state index contributed by atoms with van der Waals surface area (Å²) in [5.74, 6) is 1.14. The number of H-pyrrole nitrogens is 1. The normalized spacial score (nSPS) is 18.1. The molecule has 1 aromatic carbocycles. The van der Waals surface area contributed by atoms with Crippen LogP contribution in [0.15, 0.2) is 30.5 Å². The zero-order valence-corrected chi connectivity index (χ0v) is 20.2. The summed E-state index contributed by atoms with van der Waals surface area (Å²) < 4.78 is 44.0. The molecule has 0 spiro atoms. The number of hydrogen-bond donors (Lipinski definition) is 3. The minimum absolute atomic E-state index is 0.151. The number of nitriles is 1. The molecule has 1 saturated heterocycles. The summed E-state index contributed by atoms with van der Waals surface area (Å²) in [5, 5.41) is 14.6. The number of nitrogens with zero attached hydrogens (tertiary/aromatic N) is 4. The third kappa shape index (κ3) is 6.85. The quantitative estimate of drug-likeness (QED) is 0.391. The van der Waals surface area contributed by atoms with Crippen LogP contribution in [-0.4, -0.2) is 38.7 Å². The molecule has 3 heterocycles. The first-order valence-corrected chi connectivity index (χ1v) is 12.2. The maximum Gasteiger partial charge on any atom is 0.416 e. The van der Waals surface area contributed by atoms with E-state index in [1.54, 1.807) is 6.20 Å². The van der Waals surface area contributed by atoms with Gasteiger partial charge in [-0.15, -0.1) is 0 Å². The van der Waals surface area contributed by atoms with Crippen LogP contribution in [0.1, 0.15) is 57.4 Å². The van der Waals surface area contributed by atoms with E-state index in [1.807, 2.05) is 0 Å². The van der Waals surface area contributed by atoms with Crippen LogP contribution in [0.2, 0.25) is 0 Å². The van der Waals surface area contributed by atoms with Crippen molar-refractivity contribution in [2.75, 3.05) is 23.8 Å². The van der Waals surface area contributed by atoms with Gasteiger partial charge in [-0.1, -0.05) is 25.3 Å². The van der Waals surface area contributed by atoms with Crippen molar-refractivity contribution in [3.63, 3.8) is 0 Å². The van der Waals surface area contributed by atoms with Crippen LogP contribution >= 0.6 is 0 Å². The van der Waals surface area contributed by atoms with Crippen LogP contribution < -0.4 is 10.6 Å². The molecule has 11 heteroatoms. The summed E-state index contributed by atoms with van der Waals surface area (Å²) in [6.07, 6.45) is 5.08. The number of fused-ring (bicyclic) bond motifs is 1. The van der Waals surface area contributed by atoms with E-state index in [-0.39, 0.29) is 17.2 Å². The highest BCUT2D eigenvalue weighted by Gasteiger charge is 2.30. The number of hydrogen-bond acceptors (Lipinski definition) is 7. The molecule has 0 bridgehead atoms. The van der Waals surface area contributed by atoms with Crippen LogP contribution in [0.25, 0.3) is 11.2 Å². The monoisotopic (exact) mass is 501 g/mol. The maximum atomic E-state index is 12.9. The van der Waals surface area contributed by atoms with E-state index in [2.05, 4.69) is 43.6 Å². The van der Waals surface area contributed by atoms with Gasteiger partial charge >= 0.3 is 6.18 Å². The van der Waals surface area contributed by atoms with Crippen LogP contribution in [0.4, 0.5) is 30.8 Å². The summed E-state index contributed by atoms with van der Waals surface area (Å²) in [4.78, 5) is 16.0. The van der Waals surface area contributed by atoms with Gasteiger partial charge in [-0.3, -0.25) is 0 Å². The Morgan fingerprint density at radius 3 is 2.56 bits per heavy atom. The zero-order chi connectivity index (χ0) is 25.6. The highest BCUT2D eigenvalue weighted by atomic mass is 19.4. The number of rotatable bonds is 4. The standard InChI is InChI=1S/C18H19F3N6O.C7H11N/c1-17(5-7-28-8-6-17)27-15-22-10-13-14(25-15)26-16(24-13)23-12-4-2-3-11(9-12)18(19,20)21;8-6-7-4-2-1-3-5-7/h2-4,9-10H,5-8H2,1H3,(H3,22,23,24,25,26,27);7H,1-5H2. The number of nitrogens with one attached hydrogen (secondary N) is 3. The van der Waals surface area contributed by atoms with Crippen molar-refractivity contribution >= 4 is 28.7 Å². The van der Waals surface area contributed by atoms with Crippen LogP contribution in [0.3, 0.4) is 0 Å². The van der Waals surface area contributed by atoms with E-state index in [1.165, 1.54) is 31.4 Å². The number of alkyl halides is 3. The summed E-state index contributed by atoms with van der Waals surface area (Å²) in [6.45, 7) is 3.45. The molecule has 0 amide bonds. The Balaban J connectivity index is 0.000000325. The molecule has 1 saturated carbocycles. The third-order valence-corrected chi connectivity index (χ3v) is 6.49. The molecule has 2 aromatic heterocycles. The Morgan fingerprint density at radius 1 is 1.14 bits per heavy atom. The summed E-state index contributed by atoms with van der Waals surface area (Å²) >= 11 is 0. The first-order valence-electron chi connectivity index (χ1n) is 12.2. The molecule has 8 nitrogen and oxygen atoms in total. The number of benzene rings is 1. The van der Waals surface area contributed by atoms with E-state index in [0.717, 1.165) is 37.8 Å². The van der Waals surface area contributed by atoms with Gasteiger partial charge in [-0.05, 0) is 50.8 Å². The summed E-state index contributed by atoms with van der Waals surface area (Å²) in [6, 6.07) is 7.22. The Kier molecular flexibility index (Phi) is 7.94. The molecule has 0 unspecified atom stereocenters. The fourth-order valence-electron chi connectivity index (χ4n) is 4.29. The predicted octanol–water partition coefficient (Wildman–Crippen LogP) is 6.19. The highest BCUT2D eigenvalue weighted by Crippen LogP contribution is 2.31. The molecule has 2 aliphatic rings. The number of imidazole rings is 1. The molecule has 0 atom stereocenters. The molecular formula is C25H30F3N7O. The van der Waals surface area contributed by atoms with Crippen molar-refractivity contribution < 1.29 is 17.9 Å². The van der Waals surface area contributed by atoms with Crippen molar-refractivity contribution in [2.24, 2.45) is 5.92 Å². The van der Waals surface area contributed by atoms with E-state index in [4.69, 9.17) is 10.00 Å². The molecule has 3 N–H and O–H groups in total. The molecule has 36 heavy (non-hydrogen) atoms. The number of anilines is 3. The second-order valence-corrected chi connectivity index (χ2v) is 9.48. The second-order valence-electron chi connectivity index (χ2n) is 9.48. The van der Waals surface area contributed by atoms with Crippen molar-refractivity contribution in [1.82, 2.24) is 19.9 Å². The molecule has 1 aliphatic heterocycles. The van der Waals surface area contributed by atoms with Gasteiger partial charge in [0.2, 0.25) is 11.9 Å². The fourth-order valence-corrected chi connectivity index (χ4v) is 4.29. The predicted molar refractivity (Wildman–Crippen MR) is 131 cm³/mol. The van der Waals surface area contributed by atoms with Crippen molar-refractivity contribution in [3.8, 4) is 6.07 Å². The van der Waals surface area contributed by atoms with Gasteiger partial charge in [0.05, 0.1) is 17.8 Å². The van der Waals surface area contributed by atoms with Gasteiger partial charge in [-0.2, -0.15) is 28.4 Å². The molecule has 1 aliphatic carbocycles. The Labute approximate surface area is 207 Å². The molecule has 5 rings (SSSR count). The lowest BCUT2D eigenvalue weighted by atomic mass is 9.91. The van der Waals surface area contributed by atoms with E-state index in [9.17, 15) is 13.2 Å². The maximum absolute atomic E-state index is 12.9. The van der Waals surface area contributed by atoms with Crippen molar-refractivity contribution in [3.05, 3.63) is 36.0 Å². The first kappa shape index (κ1) is 25.7. The lowest BCUT2D eigenvalue weighted by Crippen LogP contribution is -2.41. The Hall–Kier alpha value is -3.39. The smallest absolute Gasteiger partial charge is 0.381 e. The average molecular weight is 502 g/mol. The van der Waals surface area contributed by atoms with Gasteiger partial charge in [-0.25, -0.2) is 4.98 Å². The molecule has 2 fully saturated rings. The number of halogens is 3. The lowest BCUT2D eigenvalue weighted by molar-refractivity contribution is -0.137. The van der Waals surface area contributed by atoms with E-state index >= 15 is 0 Å². The number of aromatic amines is 1. The van der Waals surface area contributed by atoms with Crippen LogP contribution in [-0.2, 0) is 10.9 Å². The van der Waals surface area contributed by atoms with Gasteiger partial charge in [0.15, 0.2) is 5.65 Å². The lowest BCUT2D eigenvalue weighted by Gasteiger charge is -2.34. The number of aromatic nitrogens is 4. The largest absolute Gasteiger partial charge is 0.416 e. The zero-order valence-electron chi connectivity index (χ0n) is 20.2. The highest BCUT2D eigenvalue weighted by molar-refractivity contribution is 5.75. The SMILES string of the molecule is CC1(Nc2ncc3[nH]c(Nc4cccc(C(F)(F)F)c4)nc3n2)CCOCC1.N#CC1CCCCC1. The van der Waals surface area contributed by atoms with Gasteiger partial charge in [0, 0.05) is 30.4 Å². The molecular weight excluding hydrogens is 471 g/mol. The molecule has 0 radical (unpaired) electrons. The molecule has 192 valence electrons. The van der Waals surface area contributed by atoms with E-state index in [0.29, 0.717) is 36.2 Å². The van der Waals surface area contributed by atoms with Crippen LogP contribution in [0.5, 0.6) is 0 Å². The average Bonchev–Trinajstić information content (AvgIpc) is 3.26.